The highest BCUT2D eigenvalue weighted by Gasteiger charge is 2.15. The van der Waals surface area contributed by atoms with Crippen molar-refractivity contribution in [1.82, 2.24) is 0 Å². The standard InChI is InChI=1S/C15H13ClN2O4/c1-10-8-11(16)6-7-14(10)22-9-15(19)17-12-4-2-3-5-13(12)18(20)21/h2-8H,9H2,1H3,(H,17,19). The third-order valence-electron chi connectivity index (χ3n) is 2.87. The minimum absolute atomic E-state index is 0.133. The van der Waals surface area contributed by atoms with Crippen molar-refractivity contribution in [3.05, 3.63) is 63.2 Å². The molecule has 6 nitrogen and oxygen atoms in total. The van der Waals surface area contributed by atoms with Crippen molar-refractivity contribution < 1.29 is 14.5 Å². The Morgan fingerprint density at radius 1 is 1.32 bits per heavy atom. The van der Waals surface area contributed by atoms with Gasteiger partial charge in [-0.1, -0.05) is 23.7 Å². The van der Waals surface area contributed by atoms with Gasteiger partial charge >= 0.3 is 0 Å². The molecule has 0 aliphatic heterocycles. The van der Waals surface area contributed by atoms with Gasteiger partial charge in [0, 0.05) is 11.1 Å². The summed E-state index contributed by atoms with van der Waals surface area (Å²) in [6.07, 6.45) is 0. The third kappa shape index (κ3) is 3.95. The van der Waals surface area contributed by atoms with Gasteiger partial charge in [0.2, 0.25) is 0 Å². The van der Waals surface area contributed by atoms with Gasteiger partial charge in [-0.25, -0.2) is 0 Å². The molecular weight excluding hydrogens is 308 g/mol. The summed E-state index contributed by atoms with van der Waals surface area (Å²) in [6.45, 7) is 1.55. The number of carbonyl (C=O) groups is 1. The molecule has 2 rings (SSSR count). The van der Waals surface area contributed by atoms with Crippen LogP contribution in [-0.2, 0) is 4.79 Å². The zero-order valence-corrected chi connectivity index (χ0v) is 12.5. The second-order valence-corrected chi connectivity index (χ2v) is 4.96. The number of amides is 1. The second kappa shape index (κ2) is 6.91. The van der Waals surface area contributed by atoms with E-state index < -0.39 is 10.8 Å². The summed E-state index contributed by atoms with van der Waals surface area (Å²) in [5.41, 5.74) is 0.762. The van der Waals surface area contributed by atoms with Crippen molar-refractivity contribution in [1.29, 1.82) is 0 Å². The first-order chi connectivity index (χ1) is 10.5. The average Bonchev–Trinajstić information content (AvgIpc) is 2.46. The maximum absolute atomic E-state index is 11.9. The van der Waals surface area contributed by atoms with E-state index in [0.717, 1.165) is 5.56 Å². The topological polar surface area (TPSA) is 81.5 Å². The first-order valence-electron chi connectivity index (χ1n) is 6.39. The molecule has 0 saturated carbocycles. The molecule has 7 heteroatoms. The number of rotatable bonds is 5. The van der Waals surface area contributed by atoms with E-state index >= 15 is 0 Å². The molecule has 0 bridgehead atoms. The average molecular weight is 321 g/mol. The van der Waals surface area contributed by atoms with Crippen LogP contribution >= 0.6 is 11.6 Å². The van der Waals surface area contributed by atoms with Crippen LogP contribution in [0, 0.1) is 17.0 Å². The van der Waals surface area contributed by atoms with Crippen molar-refractivity contribution in [3.63, 3.8) is 0 Å². The van der Waals surface area contributed by atoms with Crippen LogP contribution in [-0.4, -0.2) is 17.4 Å². The van der Waals surface area contributed by atoms with E-state index in [1.54, 1.807) is 31.2 Å². The normalized spacial score (nSPS) is 10.1. The highest BCUT2D eigenvalue weighted by molar-refractivity contribution is 6.30. The van der Waals surface area contributed by atoms with Gasteiger partial charge in [0.05, 0.1) is 4.92 Å². The number of hydrogen-bond acceptors (Lipinski definition) is 4. The van der Waals surface area contributed by atoms with Crippen LogP contribution in [0.15, 0.2) is 42.5 Å². The Kier molecular flexibility index (Phi) is 4.95. The fourth-order valence-corrected chi connectivity index (χ4v) is 2.07. The van der Waals surface area contributed by atoms with Crippen molar-refractivity contribution in [2.75, 3.05) is 11.9 Å². The summed E-state index contributed by atoms with van der Waals surface area (Å²) in [7, 11) is 0. The SMILES string of the molecule is Cc1cc(Cl)ccc1OCC(=O)Nc1ccccc1[N+](=O)[O-]. The zero-order valence-electron chi connectivity index (χ0n) is 11.7. The van der Waals surface area contributed by atoms with Crippen molar-refractivity contribution >= 4 is 28.9 Å². The highest BCUT2D eigenvalue weighted by Crippen LogP contribution is 2.24. The lowest BCUT2D eigenvalue weighted by molar-refractivity contribution is -0.383. The molecule has 0 unspecified atom stereocenters. The monoisotopic (exact) mass is 320 g/mol. The number of benzene rings is 2. The molecule has 2 aromatic carbocycles. The number of aryl methyl sites for hydroxylation is 1. The van der Waals surface area contributed by atoms with E-state index in [1.165, 1.54) is 18.2 Å². The fourth-order valence-electron chi connectivity index (χ4n) is 1.84. The Labute approximate surface area is 131 Å². The number of carbonyl (C=O) groups excluding carboxylic acids is 1. The van der Waals surface area contributed by atoms with Gasteiger partial charge in [-0.3, -0.25) is 14.9 Å². The predicted octanol–water partition coefficient (Wildman–Crippen LogP) is 3.57. The Bertz CT molecular complexity index is 718. The number of nitro benzene ring substituents is 1. The number of ether oxygens (including phenoxy) is 1. The summed E-state index contributed by atoms with van der Waals surface area (Å²) >= 11 is 5.84. The molecule has 0 aliphatic rings. The first kappa shape index (κ1) is 15.8. The molecule has 0 aromatic heterocycles. The Morgan fingerprint density at radius 2 is 2.05 bits per heavy atom. The number of nitrogens with one attached hydrogen (secondary N) is 1. The maximum atomic E-state index is 11.9. The fraction of sp³-hybridized carbons (Fsp3) is 0.133. The largest absolute Gasteiger partial charge is 0.483 e. The van der Waals surface area contributed by atoms with Crippen LogP contribution in [0.1, 0.15) is 5.56 Å². The molecule has 0 spiro atoms. The predicted molar refractivity (Wildman–Crippen MR) is 83.4 cm³/mol. The van der Waals surface area contributed by atoms with E-state index in [9.17, 15) is 14.9 Å². The molecule has 0 aliphatic carbocycles. The summed E-state index contributed by atoms with van der Waals surface area (Å²) in [6, 6.07) is 11.0. The summed E-state index contributed by atoms with van der Waals surface area (Å²) in [4.78, 5) is 22.2. The van der Waals surface area contributed by atoms with Gasteiger partial charge in [-0.2, -0.15) is 0 Å². The minimum Gasteiger partial charge on any atom is -0.483 e. The van der Waals surface area contributed by atoms with Gasteiger partial charge in [-0.05, 0) is 36.8 Å². The van der Waals surface area contributed by atoms with Gasteiger partial charge < -0.3 is 10.1 Å². The molecule has 22 heavy (non-hydrogen) atoms. The number of anilines is 1. The zero-order chi connectivity index (χ0) is 16.1. The number of nitro groups is 1. The van der Waals surface area contributed by atoms with Crippen molar-refractivity contribution in [3.8, 4) is 5.75 Å². The lowest BCUT2D eigenvalue weighted by atomic mass is 10.2. The lowest BCUT2D eigenvalue weighted by Crippen LogP contribution is -2.21. The van der Waals surface area contributed by atoms with Crippen molar-refractivity contribution in [2.45, 2.75) is 6.92 Å². The van der Waals surface area contributed by atoms with Crippen LogP contribution in [0.5, 0.6) is 5.75 Å². The molecule has 1 amide bonds. The van der Waals surface area contributed by atoms with Crippen molar-refractivity contribution in [2.24, 2.45) is 0 Å². The molecule has 1 N–H and O–H groups in total. The van der Waals surface area contributed by atoms with Gasteiger partial charge in [0.1, 0.15) is 11.4 Å². The van der Waals surface area contributed by atoms with E-state index in [-0.39, 0.29) is 18.0 Å². The Hall–Kier alpha value is -2.60. The molecule has 114 valence electrons. The van der Waals surface area contributed by atoms with E-state index in [4.69, 9.17) is 16.3 Å². The number of halogens is 1. The molecule has 0 saturated heterocycles. The molecule has 0 radical (unpaired) electrons. The molecule has 2 aromatic rings. The summed E-state index contributed by atoms with van der Waals surface area (Å²) in [5.74, 6) is 0.0470. The van der Waals surface area contributed by atoms with E-state index in [2.05, 4.69) is 5.32 Å². The molecule has 0 heterocycles. The summed E-state index contributed by atoms with van der Waals surface area (Å²) in [5, 5.41) is 13.9. The van der Waals surface area contributed by atoms with Crippen LogP contribution in [0.2, 0.25) is 5.02 Å². The van der Waals surface area contributed by atoms with Gasteiger partial charge in [-0.15, -0.1) is 0 Å². The third-order valence-corrected chi connectivity index (χ3v) is 3.11. The Morgan fingerprint density at radius 3 is 2.73 bits per heavy atom. The van der Waals surface area contributed by atoms with Gasteiger partial charge in [0.25, 0.3) is 11.6 Å². The van der Waals surface area contributed by atoms with E-state index in [0.29, 0.717) is 10.8 Å². The molecule has 0 atom stereocenters. The van der Waals surface area contributed by atoms with Crippen LogP contribution in [0.3, 0.4) is 0 Å². The minimum atomic E-state index is -0.556. The maximum Gasteiger partial charge on any atom is 0.292 e. The smallest absolute Gasteiger partial charge is 0.292 e. The summed E-state index contributed by atoms with van der Waals surface area (Å²) < 4.78 is 5.39. The first-order valence-corrected chi connectivity index (χ1v) is 6.77. The number of nitrogens with zero attached hydrogens (tertiary/aromatic N) is 1. The quantitative estimate of drug-likeness (QED) is 0.674. The second-order valence-electron chi connectivity index (χ2n) is 4.52. The highest BCUT2D eigenvalue weighted by atomic mass is 35.5. The number of para-hydroxylation sites is 2. The molecular formula is C15H13ClN2O4. The van der Waals surface area contributed by atoms with Gasteiger partial charge in [0.15, 0.2) is 6.61 Å². The lowest BCUT2D eigenvalue weighted by Gasteiger charge is -2.10. The van der Waals surface area contributed by atoms with Crippen LogP contribution in [0.25, 0.3) is 0 Å². The Balaban J connectivity index is 2.00. The number of hydrogen-bond donors (Lipinski definition) is 1. The van der Waals surface area contributed by atoms with Crippen LogP contribution < -0.4 is 10.1 Å². The van der Waals surface area contributed by atoms with E-state index in [1.807, 2.05) is 0 Å². The molecule has 0 fully saturated rings. The van der Waals surface area contributed by atoms with Crippen LogP contribution in [0.4, 0.5) is 11.4 Å².